The number of hydrogen-bond donors (Lipinski definition) is 2. The Kier molecular flexibility index (Phi) is 4.29. The third-order valence-electron chi connectivity index (χ3n) is 4.75. The number of nitrogens with one attached hydrogen (secondary N) is 1. The number of benzene rings is 1. The molecule has 1 saturated carbocycles. The maximum atomic E-state index is 13.6. The molecule has 2 heterocycles. The standard InChI is InChI=1S/C18H18F3N3OS/c19-18(20,21)17(25,13-4-2-1-3-5-13)11-22-10-14-15(12-6-7-12)23-16-24(14)8-9-26-16/h1-5,8-9,12,22,25H,6-7,10-11H2. The van der Waals surface area contributed by atoms with Crippen molar-refractivity contribution in [3.63, 3.8) is 0 Å². The molecule has 1 aliphatic carbocycles. The van der Waals surface area contributed by atoms with Crippen molar-refractivity contribution in [2.45, 2.75) is 37.1 Å². The molecule has 0 bridgehead atoms. The van der Waals surface area contributed by atoms with E-state index in [0.717, 1.165) is 29.2 Å². The Labute approximate surface area is 152 Å². The van der Waals surface area contributed by atoms with Crippen LogP contribution in [0.2, 0.25) is 0 Å². The molecular weight excluding hydrogens is 363 g/mol. The minimum Gasteiger partial charge on any atom is -0.375 e. The Morgan fingerprint density at radius 3 is 2.62 bits per heavy atom. The highest BCUT2D eigenvalue weighted by Crippen LogP contribution is 2.42. The van der Waals surface area contributed by atoms with Crippen LogP contribution in [0.1, 0.15) is 35.7 Å². The molecule has 2 aromatic heterocycles. The molecule has 1 aliphatic rings. The SMILES string of the molecule is OC(CNCc1c(C2CC2)nc2sccn12)(c1ccccc1)C(F)(F)F. The molecule has 0 saturated heterocycles. The average Bonchev–Trinajstić information content (AvgIpc) is 3.25. The number of halogens is 3. The van der Waals surface area contributed by atoms with Gasteiger partial charge in [-0.25, -0.2) is 4.98 Å². The van der Waals surface area contributed by atoms with Crippen molar-refractivity contribution < 1.29 is 18.3 Å². The molecule has 4 nitrogen and oxygen atoms in total. The second-order valence-corrected chi connectivity index (χ2v) is 7.47. The molecule has 3 aromatic rings. The molecule has 4 rings (SSSR count). The Bertz CT molecular complexity index is 901. The highest BCUT2D eigenvalue weighted by molar-refractivity contribution is 7.15. The smallest absolute Gasteiger partial charge is 0.375 e. The Balaban J connectivity index is 1.56. The lowest BCUT2D eigenvalue weighted by Crippen LogP contribution is -2.49. The fourth-order valence-electron chi connectivity index (χ4n) is 3.15. The first-order chi connectivity index (χ1) is 12.4. The summed E-state index contributed by atoms with van der Waals surface area (Å²) in [5, 5.41) is 15.1. The number of fused-ring (bicyclic) bond motifs is 1. The van der Waals surface area contributed by atoms with Gasteiger partial charge in [-0.3, -0.25) is 4.40 Å². The van der Waals surface area contributed by atoms with Crippen LogP contribution in [0, 0.1) is 0 Å². The summed E-state index contributed by atoms with van der Waals surface area (Å²) in [5.41, 5.74) is -1.27. The van der Waals surface area contributed by atoms with Gasteiger partial charge in [-0.2, -0.15) is 13.2 Å². The summed E-state index contributed by atoms with van der Waals surface area (Å²) >= 11 is 1.50. The number of thiazole rings is 1. The number of aliphatic hydroxyl groups is 1. The number of rotatable bonds is 6. The molecule has 26 heavy (non-hydrogen) atoms. The van der Waals surface area contributed by atoms with Crippen molar-refractivity contribution in [2.75, 3.05) is 6.54 Å². The zero-order valence-electron chi connectivity index (χ0n) is 13.8. The van der Waals surface area contributed by atoms with Gasteiger partial charge in [0.25, 0.3) is 0 Å². The molecule has 8 heteroatoms. The van der Waals surface area contributed by atoms with E-state index >= 15 is 0 Å². The Morgan fingerprint density at radius 2 is 1.96 bits per heavy atom. The van der Waals surface area contributed by atoms with E-state index in [-0.39, 0.29) is 12.1 Å². The fraction of sp³-hybridized carbons (Fsp3) is 0.389. The molecule has 0 radical (unpaired) electrons. The van der Waals surface area contributed by atoms with E-state index in [0.29, 0.717) is 5.92 Å². The topological polar surface area (TPSA) is 49.6 Å². The van der Waals surface area contributed by atoms with Crippen LogP contribution in [0.4, 0.5) is 13.2 Å². The average molecular weight is 381 g/mol. The van der Waals surface area contributed by atoms with Gasteiger partial charge in [-0.1, -0.05) is 30.3 Å². The molecule has 1 fully saturated rings. The quantitative estimate of drug-likeness (QED) is 0.683. The maximum absolute atomic E-state index is 13.6. The summed E-state index contributed by atoms with van der Waals surface area (Å²) < 4.78 is 42.6. The first kappa shape index (κ1) is 17.5. The van der Waals surface area contributed by atoms with Crippen LogP contribution in [0.25, 0.3) is 4.96 Å². The highest BCUT2D eigenvalue weighted by atomic mass is 32.1. The van der Waals surface area contributed by atoms with Gasteiger partial charge in [0.15, 0.2) is 10.6 Å². The minimum absolute atomic E-state index is 0.170. The first-order valence-electron chi connectivity index (χ1n) is 8.40. The van der Waals surface area contributed by atoms with Gasteiger partial charge in [0, 0.05) is 30.6 Å². The largest absolute Gasteiger partial charge is 0.422 e. The summed E-state index contributed by atoms with van der Waals surface area (Å²) in [6, 6.07) is 7.18. The molecule has 2 N–H and O–H groups in total. The summed E-state index contributed by atoms with van der Waals surface area (Å²) in [7, 11) is 0. The monoisotopic (exact) mass is 381 g/mol. The van der Waals surface area contributed by atoms with Crippen LogP contribution < -0.4 is 5.32 Å². The summed E-state index contributed by atoms with van der Waals surface area (Å²) in [6.07, 6.45) is -0.776. The van der Waals surface area contributed by atoms with Gasteiger partial charge in [0.05, 0.1) is 11.4 Å². The van der Waals surface area contributed by atoms with Gasteiger partial charge in [-0.15, -0.1) is 11.3 Å². The van der Waals surface area contributed by atoms with Crippen molar-refractivity contribution in [2.24, 2.45) is 0 Å². The van der Waals surface area contributed by atoms with Gasteiger partial charge in [0.2, 0.25) is 0 Å². The van der Waals surface area contributed by atoms with E-state index in [1.54, 1.807) is 6.07 Å². The number of imidazole rings is 1. The van der Waals surface area contributed by atoms with Gasteiger partial charge in [-0.05, 0) is 18.4 Å². The van der Waals surface area contributed by atoms with Crippen molar-refractivity contribution in [3.05, 3.63) is 58.9 Å². The fourth-order valence-corrected chi connectivity index (χ4v) is 3.89. The van der Waals surface area contributed by atoms with E-state index in [9.17, 15) is 18.3 Å². The maximum Gasteiger partial charge on any atom is 0.422 e. The van der Waals surface area contributed by atoms with Crippen LogP contribution in [0.15, 0.2) is 41.9 Å². The predicted molar refractivity (Wildman–Crippen MR) is 93.1 cm³/mol. The zero-order chi connectivity index (χ0) is 18.4. The molecule has 0 amide bonds. The molecule has 1 aromatic carbocycles. The van der Waals surface area contributed by atoms with Crippen LogP contribution in [0.5, 0.6) is 0 Å². The van der Waals surface area contributed by atoms with E-state index < -0.39 is 18.3 Å². The van der Waals surface area contributed by atoms with Crippen molar-refractivity contribution in [1.82, 2.24) is 14.7 Å². The number of alkyl halides is 3. The van der Waals surface area contributed by atoms with Crippen LogP contribution in [-0.2, 0) is 12.1 Å². The van der Waals surface area contributed by atoms with Crippen molar-refractivity contribution >= 4 is 16.3 Å². The van der Waals surface area contributed by atoms with Crippen LogP contribution in [-0.4, -0.2) is 27.2 Å². The molecule has 138 valence electrons. The summed E-state index contributed by atoms with van der Waals surface area (Å²) in [5.74, 6) is 0.398. The van der Waals surface area contributed by atoms with Gasteiger partial charge in [0.1, 0.15) is 0 Å². The van der Waals surface area contributed by atoms with Crippen LogP contribution >= 0.6 is 11.3 Å². The van der Waals surface area contributed by atoms with Crippen LogP contribution in [0.3, 0.4) is 0 Å². The van der Waals surface area contributed by atoms with Gasteiger partial charge >= 0.3 is 6.18 Å². The third kappa shape index (κ3) is 3.02. The van der Waals surface area contributed by atoms with Crippen molar-refractivity contribution in [3.8, 4) is 0 Å². The molecule has 0 aliphatic heterocycles. The summed E-state index contributed by atoms with van der Waals surface area (Å²) in [4.78, 5) is 5.46. The van der Waals surface area contributed by atoms with E-state index in [4.69, 9.17) is 0 Å². The summed E-state index contributed by atoms with van der Waals surface area (Å²) in [6.45, 7) is -0.406. The van der Waals surface area contributed by atoms with Crippen molar-refractivity contribution in [1.29, 1.82) is 0 Å². The van der Waals surface area contributed by atoms with E-state index in [1.807, 2.05) is 16.0 Å². The number of hydrogen-bond acceptors (Lipinski definition) is 4. The second-order valence-electron chi connectivity index (χ2n) is 6.60. The van der Waals surface area contributed by atoms with E-state index in [1.165, 1.54) is 35.6 Å². The zero-order valence-corrected chi connectivity index (χ0v) is 14.6. The highest BCUT2D eigenvalue weighted by Gasteiger charge is 2.54. The normalized spacial score (nSPS) is 17.5. The lowest BCUT2D eigenvalue weighted by atomic mass is 9.93. The number of nitrogens with zero attached hydrogens (tertiary/aromatic N) is 2. The van der Waals surface area contributed by atoms with Gasteiger partial charge < -0.3 is 10.4 Å². The molecule has 1 atom stereocenters. The lowest BCUT2D eigenvalue weighted by Gasteiger charge is -2.31. The molecule has 1 unspecified atom stereocenters. The Hall–Kier alpha value is -1.90. The minimum atomic E-state index is -4.78. The van der Waals surface area contributed by atoms with E-state index in [2.05, 4.69) is 10.3 Å². The first-order valence-corrected chi connectivity index (χ1v) is 9.28. The molecule has 0 spiro atoms. The number of aromatic nitrogens is 2. The second kappa shape index (κ2) is 6.37. The molecular formula is C18H18F3N3OS. The Morgan fingerprint density at radius 1 is 1.23 bits per heavy atom. The predicted octanol–water partition coefficient (Wildman–Crippen LogP) is 3.81. The third-order valence-corrected chi connectivity index (χ3v) is 5.51. The lowest BCUT2D eigenvalue weighted by molar-refractivity contribution is -0.264.